The van der Waals surface area contributed by atoms with E-state index >= 15 is 0 Å². The maximum absolute atomic E-state index is 12.1. The minimum Gasteiger partial charge on any atom is -0.460 e. The van der Waals surface area contributed by atoms with Crippen molar-refractivity contribution in [1.82, 2.24) is 23.6 Å². The van der Waals surface area contributed by atoms with E-state index in [1.807, 2.05) is 0 Å². The topological polar surface area (TPSA) is 82.9 Å². The molecule has 0 aliphatic heterocycles. The summed E-state index contributed by atoms with van der Waals surface area (Å²) in [6.07, 6.45) is 6.70. The summed E-state index contributed by atoms with van der Waals surface area (Å²) in [5.74, 6) is -0.449. The first kappa shape index (κ1) is 14.2. The predicted octanol–water partition coefficient (Wildman–Crippen LogP) is 1.00. The maximum atomic E-state index is 12.1. The van der Waals surface area contributed by atoms with Crippen molar-refractivity contribution in [2.24, 2.45) is 0 Å². The van der Waals surface area contributed by atoms with Crippen LogP contribution in [-0.2, 0) is 11.3 Å². The summed E-state index contributed by atoms with van der Waals surface area (Å²) in [6, 6.07) is 8.66. The highest BCUT2D eigenvalue weighted by atomic mass is 16.5. The molecule has 0 spiro atoms. The van der Waals surface area contributed by atoms with Crippen molar-refractivity contribution in [2.75, 3.05) is 6.61 Å². The van der Waals surface area contributed by atoms with Crippen molar-refractivity contribution >= 4 is 17.1 Å². The second-order valence-electron chi connectivity index (χ2n) is 5.21. The van der Waals surface area contributed by atoms with Gasteiger partial charge in [0.15, 0.2) is 5.65 Å². The molecule has 4 aromatic rings. The van der Waals surface area contributed by atoms with Gasteiger partial charge < -0.3 is 9.14 Å². The molecule has 8 nitrogen and oxygen atoms in total. The number of hydrogen-bond acceptors (Lipinski definition) is 5. The summed E-state index contributed by atoms with van der Waals surface area (Å²) in [7, 11) is 0. The van der Waals surface area contributed by atoms with Gasteiger partial charge in [0.05, 0.1) is 30.1 Å². The third kappa shape index (κ3) is 2.43. The molecule has 4 aromatic heterocycles. The molecule has 0 bridgehead atoms. The highest BCUT2D eigenvalue weighted by Crippen LogP contribution is 2.08. The van der Waals surface area contributed by atoms with E-state index in [-0.39, 0.29) is 18.8 Å². The average Bonchev–Trinajstić information content (AvgIpc) is 3.19. The Morgan fingerprint density at radius 1 is 1.21 bits per heavy atom. The van der Waals surface area contributed by atoms with Crippen LogP contribution in [0, 0.1) is 0 Å². The fourth-order valence-electron chi connectivity index (χ4n) is 2.47. The van der Waals surface area contributed by atoms with Crippen LogP contribution in [0.2, 0.25) is 0 Å². The zero-order valence-corrected chi connectivity index (χ0v) is 12.6. The van der Waals surface area contributed by atoms with Gasteiger partial charge in [0.25, 0.3) is 0 Å². The number of fused-ring (bicyclic) bond motifs is 2. The first-order valence-electron chi connectivity index (χ1n) is 7.35. The number of nitrogens with zero attached hydrogens (tertiary/aromatic N) is 5. The van der Waals surface area contributed by atoms with Crippen molar-refractivity contribution in [3.8, 4) is 0 Å². The van der Waals surface area contributed by atoms with Crippen molar-refractivity contribution in [2.45, 2.75) is 6.54 Å². The van der Waals surface area contributed by atoms with Crippen molar-refractivity contribution < 1.29 is 9.53 Å². The van der Waals surface area contributed by atoms with Gasteiger partial charge in [-0.1, -0.05) is 6.07 Å². The summed E-state index contributed by atoms with van der Waals surface area (Å²) >= 11 is 0. The third-order valence-corrected chi connectivity index (χ3v) is 3.67. The summed E-state index contributed by atoms with van der Waals surface area (Å²) in [5, 5.41) is 4.18. The van der Waals surface area contributed by atoms with Crippen LogP contribution in [0.15, 0.2) is 60.0 Å². The molecule has 24 heavy (non-hydrogen) atoms. The van der Waals surface area contributed by atoms with Gasteiger partial charge in [-0.25, -0.2) is 19.3 Å². The van der Waals surface area contributed by atoms with Gasteiger partial charge >= 0.3 is 11.7 Å². The number of aromatic nitrogens is 5. The number of esters is 1. The van der Waals surface area contributed by atoms with Crippen molar-refractivity contribution in [3.05, 3.63) is 71.3 Å². The molecule has 0 saturated carbocycles. The number of imidazole rings is 1. The molecule has 0 fully saturated rings. The van der Waals surface area contributed by atoms with E-state index in [0.29, 0.717) is 11.2 Å². The van der Waals surface area contributed by atoms with E-state index in [9.17, 15) is 9.59 Å². The maximum Gasteiger partial charge on any atom is 0.350 e. The smallest absolute Gasteiger partial charge is 0.350 e. The third-order valence-electron chi connectivity index (χ3n) is 3.67. The number of hydrogen-bond donors (Lipinski definition) is 0. The van der Waals surface area contributed by atoms with Gasteiger partial charge in [0.1, 0.15) is 6.61 Å². The highest BCUT2D eigenvalue weighted by molar-refractivity contribution is 5.90. The Bertz CT molecular complexity index is 1090. The molecule has 4 heterocycles. The van der Waals surface area contributed by atoms with Gasteiger partial charge in [-0.3, -0.25) is 4.40 Å². The first-order valence-corrected chi connectivity index (χ1v) is 7.35. The van der Waals surface area contributed by atoms with E-state index in [1.165, 1.54) is 9.08 Å². The summed E-state index contributed by atoms with van der Waals surface area (Å²) in [4.78, 5) is 28.2. The van der Waals surface area contributed by atoms with Crippen LogP contribution in [0.25, 0.3) is 11.2 Å². The minimum atomic E-state index is -0.449. The Balaban J connectivity index is 1.45. The van der Waals surface area contributed by atoms with Gasteiger partial charge in [-0.15, -0.1) is 5.10 Å². The molecule has 120 valence electrons. The minimum absolute atomic E-state index is 0.0626. The molecule has 0 N–H and O–H groups in total. The van der Waals surface area contributed by atoms with Crippen molar-refractivity contribution in [3.63, 3.8) is 0 Å². The summed E-state index contributed by atoms with van der Waals surface area (Å²) in [5.41, 5.74) is 1.54. The predicted molar refractivity (Wildman–Crippen MR) is 84.9 cm³/mol. The standard InChI is InChI=1S/C16H13N5O3/c22-15(12-4-6-19-11-17-10-13(19)9-12)24-8-7-21-16(23)20-5-2-1-3-14(20)18-21/h1-6,9-11H,7-8H2. The highest BCUT2D eigenvalue weighted by Gasteiger charge is 2.10. The number of carbonyl (C=O) groups excluding carboxylic acids is 1. The van der Waals surface area contributed by atoms with E-state index in [4.69, 9.17) is 4.74 Å². The molecule has 0 atom stereocenters. The van der Waals surface area contributed by atoms with E-state index in [1.54, 1.807) is 59.7 Å². The zero-order valence-electron chi connectivity index (χ0n) is 12.6. The van der Waals surface area contributed by atoms with Crippen LogP contribution in [0.5, 0.6) is 0 Å². The monoisotopic (exact) mass is 323 g/mol. The van der Waals surface area contributed by atoms with E-state index in [0.717, 1.165) is 5.52 Å². The quantitative estimate of drug-likeness (QED) is 0.523. The fraction of sp³-hybridized carbons (Fsp3) is 0.125. The van der Waals surface area contributed by atoms with Crippen LogP contribution in [0.3, 0.4) is 0 Å². The SMILES string of the molecule is O=C(OCCn1nc2ccccn2c1=O)c1ccn2cncc2c1. The number of carbonyl (C=O) groups is 1. The molecular formula is C16H13N5O3. The lowest BCUT2D eigenvalue weighted by Gasteiger charge is -2.05. The largest absolute Gasteiger partial charge is 0.460 e. The van der Waals surface area contributed by atoms with Gasteiger partial charge in [-0.05, 0) is 24.3 Å². The zero-order chi connectivity index (χ0) is 16.5. The first-order chi connectivity index (χ1) is 11.7. The molecule has 0 aliphatic carbocycles. The lowest BCUT2D eigenvalue weighted by atomic mass is 10.2. The Labute approximate surface area is 135 Å². The van der Waals surface area contributed by atoms with Crippen molar-refractivity contribution in [1.29, 1.82) is 0 Å². The normalized spacial score (nSPS) is 11.2. The fourth-order valence-corrected chi connectivity index (χ4v) is 2.47. The van der Waals surface area contributed by atoms with Gasteiger partial charge in [-0.2, -0.15) is 0 Å². The van der Waals surface area contributed by atoms with Gasteiger partial charge in [0.2, 0.25) is 0 Å². The molecular weight excluding hydrogens is 310 g/mol. The molecule has 0 saturated heterocycles. The Kier molecular flexibility index (Phi) is 3.34. The molecule has 0 amide bonds. The van der Waals surface area contributed by atoms with E-state index < -0.39 is 5.97 Å². The Morgan fingerprint density at radius 3 is 3.00 bits per heavy atom. The molecule has 4 rings (SSSR count). The molecule has 0 aromatic carbocycles. The van der Waals surface area contributed by atoms with Gasteiger partial charge in [0, 0.05) is 12.4 Å². The van der Waals surface area contributed by atoms with Crippen LogP contribution in [0.1, 0.15) is 10.4 Å². The molecule has 0 unspecified atom stereocenters. The Morgan fingerprint density at radius 2 is 2.12 bits per heavy atom. The van der Waals surface area contributed by atoms with Crippen LogP contribution < -0.4 is 5.69 Å². The van der Waals surface area contributed by atoms with E-state index in [2.05, 4.69) is 10.1 Å². The molecule has 0 radical (unpaired) electrons. The number of ether oxygens (including phenoxy) is 1. The molecule has 0 aliphatic rings. The summed E-state index contributed by atoms with van der Waals surface area (Å²) in [6.45, 7) is 0.258. The van der Waals surface area contributed by atoms with Crippen LogP contribution in [-0.4, -0.2) is 36.1 Å². The Hall–Kier alpha value is -3.42. The van der Waals surface area contributed by atoms with Crippen LogP contribution >= 0.6 is 0 Å². The average molecular weight is 323 g/mol. The lowest BCUT2D eigenvalue weighted by Crippen LogP contribution is -2.24. The second kappa shape index (κ2) is 5.65. The lowest BCUT2D eigenvalue weighted by molar-refractivity contribution is 0.0486. The van der Waals surface area contributed by atoms with Crippen LogP contribution in [0.4, 0.5) is 0 Å². The second-order valence-corrected chi connectivity index (χ2v) is 5.21. The number of pyridine rings is 2. The summed E-state index contributed by atoms with van der Waals surface area (Å²) < 4.78 is 9.75. The number of rotatable bonds is 4. The molecule has 8 heteroatoms.